The maximum Gasteiger partial charge on any atom is 0.168 e. The van der Waals surface area contributed by atoms with E-state index in [0.717, 1.165) is 18.7 Å². The Balaban J connectivity index is 2.34. The van der Waals surface area contributed by atoms with Gasteiger partial charge in [0.25, 0.3) is 0 Å². The first kappa shape index (κ1) is 6.61. The van der Waals surface area contributed by atoms with Crippen molar-refractivity contribution in [1.29, 1.82) is 0 Å². The lowest BCUT2D eigenvalue weighted by atomic mass is 10.1. The Labute approximate surface area is 65.6 Å². The van der Waals surface area contributed by atoms with Crippen LogP contribution in [-0.2, 0) is 6.42 Å². The minimum atomic E-state index is 0.890. The minimum Gasteiger partial charge on any atom is -0.404 e. The molecule has 0 N–H and O–H groups in total. The first-order chi connectivity index (χ1) is 5.36. The van der Waals surface area contributed by atoms with Crippen LogP contribution in [0.4, 0.5) is 0 Å². The van der Waals surface area contributed by atoms with Crippen LogP contribution >= 0.6 is 0 Å². The number of nitrogens with zero attached hydrogens (tertiary/aromatic N) is 2. The van der Waals surface area contributed by atoms with Gasteiger partial charge in [0.15, 0.2) is 5.75 Å². The highest BCUT2D eigenvalue weighted by molar-refractivity contribution is 5.30. The third-order valence-corrected chi connectivity index (χ3v) is 1.82. The summed E-state index contributed by atoms with van der Waals surface area (Å²) in [7, 11) is 1.93. The van der Waals surface area contributed by atoms with E-state index in [1.54, 1.807) is 12.4 Å². The van der Waals surface area contributed by atoms with Gasteiger partial charge in [0.2, 0.25) is 0 Å². The number of aromatic nitrogens is 1. The van der Waals surface area contributed by atoms with Crippen molar-refractivity contribution >= 4 is 0 Å². The van der Waals surface area contributed by atoms with Crippen molar-refractivity contribution in [2.75, 3.05) is 13.6 Å². The molecule has 0 saturated heterocycles. The van der Waals surface area contributed by atoms with Gasteiger partial charge in [-0.05, 0) is 12.5 Å². The third-order valence-electron chi connectivity index (χ3n) is 1.82. The Bertz CT molecular complexity index is 262. The predicted octanol–water partition coefficient (Wildman–Crippen LogP) is 0.863. The molecule has 0 atom stereocenters. The molecule has 1 aromatic heterocycles. The van der Waals surface area contributed by atoms with Crippen molar-refractivity contribution < 1.29 is 4.84 Å². The topological polar surface area (TPSA) is 25.4 Å². The van der Waals surface area contributed by atoms with E-state index in [4.69, 9.17) is 4.84 Å². The number of rotatable bonds is 0. The second-order valence-corrected chi connectivity index (χ2v) is 2.68. The summed E-state index contributed by atoms with van der Waals surface area (Å²) in [4.78, 5) is 9.38. The van der Waals surface area contributed by atoms with E-state index < -0.39 is 0 Å². The van der Waals surface area contributed by atoms with E-state index in [9.17, 15) is 0 Å². The van der Waals surface area contributed by atoms with E-state index >= 15 is 0 Å². The fourth-order valence-corrected chi connectivity index (χ4v) is 1.19. The van der Waals surface area contributed by atoms with Gasteiger partial charge in [-0.2, -0.15) is 0 Å². The van der Waals surface area contributed by atoms with Crippen molar-refractivity contribution in [2.45, 2.75) is 6.42 Å². The molecule has 11 heavy (non-hydrogen) atoms. The Morgan fingerprint density at radius 3 is 3.45 bits per heavy atom. The summed E-state index contributed by atoms with van der Waals surface area (Å²) in [5.41, 5.74) is 1.25. The van der Waals surface area contributed by atoms with Crippen LogP contribution < -0.4 is 4.84 Å². The normalized spacial score (nSPS) is 17.2. The van der Waals surface area contributed by atoms with Crippen molar-refractivity contribution in [2.24, 2.45) is 0 Å². The molecule has 0 unspecified atom stereocenters. The number of hydrogen-bond acceptors (Lipinski definition) is 3. The molecular formula is C8H10N2O. The van der Waals surface area contributed by atoms with Gasteiger partial charge in [-0.25, -0.2) is 0 Å². The highest BCUT2D eigenvalue weighted by Crippen LogP contribution is 2.21. The van der Waals surface area contributed by atoms with Crippen LogP contribution in [0.15, 0.2) is 18.5 Å². The van der Waals surface area contributed by atoms with E-state index in [2.05, 4.69) is 4.98 Å². The molecule has 1 aromatic rings. The van der Waals surface area contributed by atoms with Gasteiger partial charge < -0.3 is 4.84 Å². The van der Waals surface area contributed by atoms with Gasteiger partial charge in [-0.15, -0.1) is 5.06 Å². The smallest absolute Gasteiger partial charge is 0.168 e. The Morgan fingerprint density at radius 2 is 2.55 bits per heavy atom. The van der Waals surface area contributed by atoms with Gasteiger partial charge in [0.05, 0.1) is 6.20 Å². The Hall–Kier alpha value is -1.09. The van der Waals surface area contributed by atoms with Gasteiger partial charge in [-0.3, -0.25) is 4.98 Å². The number of likely N-dealkylation sites (N-methyl/N-ethyl adjacent to an activating group) is 1. The second kappa shape index (κ2) is 2.51. The predicted molar refractivity (Wildman–Crippen MR) is 41.2 cm³/mol. The summed E-state index contributed by atoms with van der Waals surface area (Å²) in [5, 5.41) is 1.82. The van der Waals surface area contributed by atoms with Crippen LogP contribution in [0.5, 0.6) is 5.75 Å². The van der Waals surface area contributed by atoms with Crippen molar-refractivity contribution in [3.63, 3.8) is 0 Å². The Kier molecular flexibility index (Phi) is 1.51. The molecule has 0 aliphatic carbocycles. The molecule has 3 heteroatoms. The molecule has 1 aliphatic heterocycles. The largest absolute Gasteiger partial charge is 0.404 e. The number of hydrogen-bond donors (Lipinski definition) is 0. The first-order valence-electron chi connectivity index (χ1n) is 3.68. The molecule has 0 amide bonds. The molecule has 0 spiro atoms. The van der Waals surface area contributed by atoms with E-state index in [-0.39, 0.29) is 0 Å². The van der Waals surface area contributed by atoms with Crippen LogP contribution in [-0.4, -0.2) is 23.6 Å². The highest BCUT2D eigenvalue weighted by Gasteiger charge is 2.13. The molecule has 0 fully saturated rings. The molecule has 58 valence electrons. The summed E-state index contributed by atoms with van der Waals surface area (Å²) in [5.74, 6) is 0.890. The van der Waals surface area contributed by atoms with Crippen molar-refractivity contribution in [1.82, 2.24) is 10.0 Å². The maximum atomic E-state index is 5.40. The number of pyridine rings is 1. The molecule has 1 aliphatic rings. The first-order valence-corrected chi connectivity index (χ1v) is 3.68. The average Bonchev–Trinajstić information content (AvgIpc) is 2.04. The lowest BCUT2D eigenvalue weighted by Crippen LogP contribution is -2.29. The van der Waals surface area contributed by atoms with Gasteiger partial charge in [0.1, 0.15) is 0 Å². The zero-order valence-electron chi connectivity index (χ0n) is 6.45. The monoisotopic (exact) mass is 150 g/mol. The molecular weight excluding hydrogens is 140 g/mol. The molecule has 0 bridgehead atoms. The van der Waals surface area contributed by atoms with E-state index in [0.29, 0.717) is 0 Å². The van der Waals surface area contributed by atoms with Crippen LogP contribution in [0.25, 0.3) is 0 Å². The van der Waals surface area contributed by atoms with Gasteiger partial charge in [-0.1, -0.05) is 0 Å². The number of fused-ring (bicyclic) bond motifs is 1. The quantitative estimate of drug-likeness (QED) is 0.548. The Morgan fingerprint density at radius 1 is 1.64 bits per heavy atom. The molecule has 0 radical (unpaired) electrons. The van der Waals surface area contributed by atoms with E-state index in [1.807, 2.05) is 18.2 Å². The fourth-order valence-electron chi connectivity index (χ4n) is 1.19. The fraction of sp³-hybridized carbons (Fsp3) is 0.375. The minimum absolute atomic E-state index is 0.890. The average molecular weight is 150 g/mol. The molecule has 2 rings (SSSR count). The zero-order valence-corrected chi connectivity index (χ0v) is 6.45. The highest BCUT2D eigenvalue weighted by atomic mass is 16.7. The molecule has 0 saturated carbocycles. The zero-order chi connectivity index (χ0) is 7.68. The third kappa shape index (κ3) is 1.19. The van der Waals surface area contributed by atoms with Crippen LogP contribution in [0.3, 0.4) is 0 Å². The summed E-state index contributed by atoms with van der Waals surface area (Å²) >= 11 is 0. The summed E-state index contributed by atoms with van der Waals surface area (Å²) in [6, 6.07) is 2.00. The summed E-state index contributed by atoms with van der Waals surface area (Å²) < 4.78 is 0. The van der Waals surface area contributed by atoms with Crippen LogP contribution in [0.1, 0.15) is 5.56 Å². The second-order valence-electron chi connectivity index (χ2n) is 2.68. The van der Waals surface area contributed by atoms with Gasteiger partial charge in [0, 0.05) is 25.4 Å². The van der Waals surface area contributed by atoms with Crippen LogP contribution in [0.2, 0.25) is 0 Å². The summed E-state index contributed by atoms with van der Waals surface area (Å²) in [6.45, 7) is 0.955. The number of hydroxylamine groups is 2. The lowest BCUT2D eigenvalue weighted by Gasteiger charge is -2.24. The molecule has 0 aromatic carbocycles. The standard InChI is InChI=1S/C8H10N2O/c1-10-5-3-7-2-4-9-6-8(7)11-10/h2,4,6H,3,5H2,1H3. The molecule has 3 nitrogen and oxygen atoms in total. The van der Waals surface area contributed by atoms with Crippen molar-refractivity contribution in [3.8, 4) is 5.75 Å². The SMILES string of the molecule is CN1CCc2ccncc2O1. The summed E-state index contributed by atoms with van der Waals surface area (Å²) in [6.07, 6.45) is 4.60. The lowest BCUT2D eigenvalue weighted by molar-refractivity contribution is -0.0426. The van der Waals surface area contributed by atoms with Crippen LogP contribution in [0, 0.1) is 0 Å². The van der Waals surface area contributed by atoms with E-state index in [1.165, 1.54) is 5.56 Å². The van der Waals surface area contributed by atoms with Crippen molar-refractivity contribution in [3.05, 3.63) is 24.0 Å². The van der Waals surface area contributed by atoms with Gasteiger partial charge >= 0.3 is 0 Å². The maximum absolute atomic E-state index is 5.40. The molecule has 2 heterocycles.